The second-order valence-electron chi connectivity index (χ2n) is 13.9. The molecule has 0 aliphatic carbocycles. The van der Waals surface area contributed by atoms with Crippen molar-refractivity contribution in [2.24, 2.45) is 34.8 Å². The van der Waals surface area contributed by atoms with Crippen molar-refractivity contribution in [1.82, 2.24) is 10.6 Å². The zero-order chi connectivity index (χ0) is 37.9. The largest absolute Gasteiger partial charge is 0.493 e. The molecule has 0 radical (unpaired) electrons. The van der Waals surface area contributed by atoms with Gasteiger partial charge in [0, 0.05) is 32.6 Å². The van der Waals surface area contributed by atoms with E-state index in [1.165, 1.54) is 0 Å². The van der Waals surface area contributed by atoms with Crippen LogP contribution in [-0.4, -0.2) is 87.4 Å². The number of ether oxygens (including phenoxy) is 4. The van der Waals surface area contributed by atoms with Gasteiger partial charge in [0.15, 0.2) is 11.5 Å². The number of hydrogen-bond donors (Lipinski definition) is 4. The van der Waals surface area contributed by atoms with Crippen LogP contribution in [0.25, 0.3) is 0 Å². The Morgan fingerprint density at radius 2 is 1.64 bits per heavy atom. The molecule has 5 N–H and O–H groups in total. The Morgan fingerprint density at radius 3 is 2.22 bits per heavy atom. The van der Waals surface area contributed by atoms with Crippen molar-refractivity contribution in [3.63, 3.8) is 0 Å². The molecule has 15 heteroatoms. The van der Waals surface area contributed by atoms with Gasteiger partial charge in [0.05, 0.1) is 44.5 Å². The molecule has 3 amide bonds. The number of methoxy groups -OCH3 is 2. The third-order valence-corrected chi connectivity index (χ3v) is 8.72. The first kappa shape index (κ1) is 44.2. The number of primary amides is 1. The maximum atomic E-state index is 13.3. The van der Waals surface area contributed by atoms with Gasteiger partial charge in [-0.1, -0.05) is 33.8 Å². The molecule has 0 aromatic heterocycles. The standard InChI is InChI=1S/C35H60N4O11/c1-23(2)26(18-25-12-13-30(47-8)31(19-25)48-16-11-14-46-7)20-28(38-34(43)49-15-9-10-17-50-39(44)45)29(40)21-27(24(3)4)32(41)37-22-35(5,6)33(36)42/h12-13,19,23-24,26-29,40H,9-11,14-18,20-22H2,1-8H3,(H2,36,42)(H,37,41)(H,38,43)/t26-,27-,28-,29-/m0/s1. The van der Waals surface area contributed by atoms with Gasteiger partial charge in [-0.2, -0.15) is 0 Å². The second-order valence-corrected chi connectivity index (χ2v) is 13.9. The number of carbonyl (C=O) groups is 3. The number of nitrogens with two attached hydrogens (primary N) is 1. The summed E-state index contributed by atoms with van der Waals surface area (Å²) in [5.74, 6) is -0.353. The number of alkyl carbamates (subject to hydrolysis) is 1. The van der Waals surface area contributed by atoms with Crippen LogP contribution in [0.5, 0.6) is 11.5 Å². The summed E-state index contributed by atoms with van der Waals surface area (Å²) in [5, 5.41) is 26.7. The lowest BCUT2D eigenvalue weighted by Crippen LogP contribution is -2.49. The number of nitrogens with zero attached hydrogens (tertiary/aromatic N) is 1. The number of benzene rings is 1. The van der Waals surface area contributed by atoms with Gasteiger partial charge in [-0.3, -0.25) is 9.59 Å². The van der Waals surface area contributed by atoms with E-state index in [1.54, 1.807) is 28.1 Å². The van der Waals surface area contributed by atoms with E-state index in [9.17, 15) is 29.6 Å². The summed E-state index contributed by atoms with van der Waals surface area (Å²) >= 11 is 0. The Balaban J connectivity index is 3.21. The first-order valence-electron chi connectivity index (χ1n) is 17.3. The Bertz CT molecular complexity index is 1200. The zero-order valence-electron chi connectivity index (χ0n) is 31.0. The molecule has 0 aliphatic heterocycles. The lowest BCUT2D eigenvalue weighted by molar-refractivity contribution is -0.757. The highest BCUT2D eigenvalue weighted by molar-refractivity contribution is 5.83. The number of hydrogen-bond acceptors (Lipinski definition) is 11. The highest BCUT2D eigenvalue weighted by atomic mass is 16.9. The second kappa shape index (κ2) is 22.8. The minimum absolute atomic E-state index is 0.00495. The summed E-state index contributed by atoms with van der Waals surface area (Å²) in [6.07, 6.45) is 0.485. The van der Waals surface area contributed by atoms with Crippen molar-refractivity contribution >= 4 is 17.9 Å². The molecule has 0 spiro atoms. The van der Waals surface area contributed by atoms with Crippen LogP contribution in [0.4, 0.5) is 4.79 Å². The molecule has 4 atom stereocenters. The summed E-state index contributed by atoms with van der Waals surface area (Å²) in [6, 6.07) is 4.96. The summed E-state index contributed by atoms with van der Waals surface area (Å²) in [4.78, 5) is 52.7. The smallest absolute Gasteiger partial charge is 0.407 e. The molecule has 0 saturated heterocycles. The number of aliphatic hydroxyl groups excluding tert-OH is 1. The first-order valence-corrected chi connectivity index (χ1v) is 17.3. The highest BCUT2D eigenvalue weighted by Gasteiger charge is 2.34. The lowest BCUT2D eigenvalue weighted by Gasteiger charge is -2.32. The first-order chi connectivity index (χ1) is 23.5. The number of unbranched alkanes of at least 4 members (excludes halogenated alkanes) is 1. The number of carbonyl (C=O) groups excluding carboxylic acids is 3. The molecule has 0 fully saturated rings. The number of aliphatic hydroxyl groups is 1. The molecule has 0 unspecified atom stereocenters. The minimum Gasteiger partial charge on any atom is -0.493 e. The number of nitrogens with one attached hydrogen (secondary N) is 2. The van der Waals surface area contributed by atoms with Crippen molar-refractivity contribution in [3.8, 4) is 11.5 Å². The average Bonchev–Trinajstić information content (AvgIpc) is 3.04. The van der Waals surface area contributed by atoms with Gasteiger partial charge >= 0.3 is 6.09 Å². The molecular weight excluding hydrogens is 652 g/mol. The molecule has 15 nitrogen and oxygen atoms in total. The number of rotatable bonds is 26. The SMILES string of the molecule is COCCCOc1cc(C[C@@H](C[C@H](NC(=O)OCCCCO[N+](=O)[O-])[C@@H](O)C[C@H](C(=O)NCC(C)(C)C(N)=O)C(C)C)C(C)C)ccc1OC. The Labute approximate surface area is 296 Å². The predicted molar refractivity (Wildman–Crippen MR) is 187 cm³/mol. The van der Waals surface area contributed by atoms with E-state index in [0.29, 0.717) is 56.8 Å². The molecule has 0 saturated carbocycles. The monoisotopic (exact) mass is 712 g/mol. The summed E-state index contributed by atoms with van der Waals surface area (Å²) in [6.45, 7) is 12.1. The van der Waals surface area contributed by atoms with Crippen LogP contribution >= 0.6 is 0 Å². The average molecular weight is 713 g/mol. The van der Waals surface area contributed by atoms with Gasteiger partial charge in [-0.05, 0) is 81.4 Å². The molecule has 0 heterocycles. The van der Waals surface area contributed by atoms with Crippen LogP contribution in [0, 0.1) is 39.2 Å². The zero-order valence-corrected chi connectivity index (χ0v) is 31.0. The van der Waals surface area contributed by atoms with E-state index in [0.717, 1.165) is 5.56 Å². The Morgan fingerprint density at radius 1 is 0.960 bits per heavy atom. The van der Waals surface area contributed by atoms with E-state index in [-0.39, 0.29) is 49.8 Å². The van der Waals surface area contributed by atoms with Crippen molar-refractivity contribution in [1.29, 1.82) is 0 Å². The van der Waals surface area contributed by atoms with Crippen LogP contribution in [-0.2, 0) is 30.3 Å². The summed E-state index contributed by atoms with van der Waals surface area (Å²) in [5.41, 5.74) is 5.50. The van der Waals surface area contributed by atoms with E-state index < -0.39 is 40.6 Å². The van der Waals surface area contributed by atoms with Crippen molar-refractivity contribution in [2.45, 2.75) is 92.2 Å². The maximum absolute atomic E-state index is 13.3. The molecule has 50 heavy (non-hydrogen) atoms. The third-order valence-electron chi connectivity index (χ3n) is 8.72. The molecular formula is C35H60N4O11. The van der Waals surface area contributed by atoms with Gasteiger partial charge in [-0.25, -0.2) is 4.79 Å². The highest BCUT2D eigenvalue weighted by Crippen LogP contribution is 2.32. The normalized spacial score (nSPS) is 14.0. The fraction of sp³-hybridized carbons (Fsp3) is 0.743. The lowest BCUT2D eigenvalue weighted by atomic mass is 9.80. The van der Waals surface area contributed by atoms with Gasteiger partial charge in [-0.15, -0.1) is 10.1 Å². The van der Waals surface area contributed by atoms with Crippen LogP contribution in [0.15, 0.2) is 18.2 Å². The van der Waals surface area contributed by atoms with Crippen LogP contribution in [0.2, 0.25) is 0 Å². The van der Waals surface area contributed by atoms with Crippen molar-refractivity contribution in [2.75, 3.05) is 47.2 Å². The Kier molecular flexibility index (Phi) is 20.1. The van der Waals surface area contributed by atoms with E-state index in [4.69, 9.17) is 24.7 Å². The topological polar surface area (TPSA) is 211 Å². The fourth-order valence-electron chi connectivity index (χ4n) is 5.21. The van der Waals surface area contributed by atoms with Gasteiger partial charge in [0.1, 0.15) is 0 Å². The van der Waals surface area contributed by atoms with Crippen molar-refractivity contribution < 1.29 is 48.4 Å². The van der Waals surface area contributed by atoms with Gasteiger partial charge in [0.2, 0.25) is 11.8 Å². The predicted octanol–water partition coefficient (Wildman–Crippen LogP) is 4.05. The van der Waals surface area contributed by atoms with Crippen LogP contribution < -0.4 is 25.8 Å². The van der Waals surface area contributed by atoms with Crippen LogP contribution in [0.1, 0.15) is 79.2 Å². The quantitative estimate of drug-likeness (QED) is 0.0611. The molecule has 1 aromatic carbocycles. The molecule has 1 aromatic rings. The minimum atomic E-state index is -1.13. The van der Waals surface area contributed by atoms with Gasteiger partial charge < -0.3 is 45.3 Å². The summed E-state index contributed by atoms with van der Waals surface area (Å²) in [7, 11) is 3.21. The fourth-order valence-corrected chi connectivity index (χ4v) is 5.21. The Hall–Kier alpha value is -3.85. The maximum Gasteiger partial charge on any atom is 0.407 e. The molecule has 0 aliphatic rings. The van der Waals surface area contributed by atoms with E-state index in [2.05, 4.69) is 29.3 Å². The number of amides is 3. The van der Waals surface area contributed by atoms with E-state index in [1.807, 2.05) is 32.0 Å². The third kappa shape index (κ3) is 16.7. The molecule has 1 rings (SSSR count). The summed E-state index contributed by atoms with van der Waals surface area (Å²) < 4.78 is 21.9. The van der Waals surface area contributed by atoms with Gasteiger partial charge in [0.25, 0.3) is 5.09 Å². The van der Waals surface area contributed by atoms with E-state index >= 15 is 0 Å². The molecule has 0 bridgehead atoms. The van der Waals surface area contributed by atoms with Crippen LogP contribution in [0.3, 0.4) is 0 Å². The van der Waals surface area contributed by atoms with Crippen molar-refractivity contribution in [3.05, 3.63) is 33.9 Å². The molecule has 286 valence electrons.